The number of nitrogens with two attached hydrogens (primary N) is 1. The number of aliphatic hydroxyl groups is 1. The summed E-state index contributed by atoms with van der Waals surface area (Å²) in [6, 6.07) is 10.2. The fraction of sp³-hybridized carbons (Fsp3) is 0.391. The van der Waals surface area contributed by atoms with E-state index >= 15 is 0 Å². The Bertz CT molecular complexity index is 1210. The quantitative estimate of drug-likeness (QED) is 0.394. The van der Waals surface area contributed by atoms with E-state index in [9.17, 15) is 5.11 Å². The first-order valence-corrected chi connectivity index (χ1v) is 11.4. The Kier molecular flexibility index (Phi) is 5.93. The summed E-state index contributed by atoms with van der Waals surface area (Å²) < 4.78 is 3.52. The fourth-order valence-electron chi connectivity index (χ4n) is 4.16. The number of rotatable bonds is 7. The molecule has 10 heteroatoms. The highest BCUT2D eigenvalue weighted by molar-refractivity contribution is 5.56. The van der Waals surface area contributed by atoms with E-state index < -0.39 is 6.10 Å². The summed E-state index contributed by atoms with van der Waals surface area (Å²) in [5, 5.41) is 22.8. The molecule has 172 valence electrons. The predicted octanol–water partition coefficient (Wildman–Crippen LogP) is 2.29. The van der Waals surface area contributed by atoms with Crippen LogP contribution in [-0.2, 0) is 6.54 Å². The molecule has 0 aliphatic carbocycles. The summed E-state index contributed by atoms with van der Waals surface area (Å²) >= 11 is 0. The molecule has 4 N–H and O–H groups in total. The van der Waals surface area contributed by atoms with E-state index in [0.717, 1.165) is 37.2 Å². The largest absolute Gasteiger partial charge is 0.388 e. The minimum atomic E-state index is -0.631. The Morgan fingerprint density at radius 2 is 1.97 bits per heavy atom. The standard InChI is InChI=1S/C23H29N9O/c1-2-20(33)18-15-27-32-21(18)28-23(30-12-8-17(24)9-13-30)29-22(32)25-14-16-6-3-4-7-19(16)31-11-5-10-26-31/h3-7,10-11,15,17,20,33H,2,8-9,12-14,24H2,1H3,(H,25,28,29). The molecule has 1 aromatic carbocycles. The molecular weight excluding hydrogens is 418 g/mol. The van der Waals surface area contributed by atoms with E-state index in [1.54, 1.807) is 16.9 Å². The van der Waals surface area contributed by atoms with E-state index in [2.05, 4.69) is 26.5 Å². The van der Waals surface area contributed by atoms with E-state index in [1.807, 2.05) is 42.1 Å². The van der Waals surface area contributed by atoms with Gasteiger partial charge in [-0.25, -0.2) is 4.68 Å². The lowest BCUT2D eigenvalue weighted by Crippen LogP contribution is -2.40. The molecule has 0 radical (unpaired) electrons. The van der Waals surface area contributed by atoms with Crippen molar-refractivity contribution in [1.82, 2.24) is 29.4 Å². The number of nitrogens with one attached hydrogen (secondary N) is 1. The minimum absolute atomic E-state index is 0.216. The Labute approximate surface area is 192 Å². The molecule has 0 saturated carbocycles. The Morgan fingerprint density at radius 1 is 1.15 bits per heavy atom. The number of nitrogens with zero attached hydrogens (tertiary/aromatic N) is 7. The molecule has 1 saturated heterocycles. The fourth-order valence-corrected chi connectivity index (χ4v) is 4.16. The van der Waals surface area contributed by atoms with Gasteiger partial charge in [-0.3, -0.25) is 0 Å². The number of anilines is 2. The first kappa shape index (κ1) is 21.4. The maximum Gasteiger partial charge on any atom is 0.230 e. The summed E-state index contributed by atoms with van der Waals surface area (Å²) in [6.45, 7) is 4.07. The summed E-state index contributed by atoms with van der Waals surface area (Å²) in [4.78, 5) is 11.8. The van der Waals surface area contributed by atoms with Gasteiger partial charge in [0, 0.05) is 43.6 Å². The molecule has 4 heterocycles. The molecule has 1 aliphatic heterocycles. The van der Waals surface area contributed by atoms with Crippen LogP contribution < -0.4 is 16.0 Å². The van der Waals surface area contributed by atoms with Crippen molar-refractivity contribution in [1.29, 1.82) is 0 Å². The number of hydrogen-bond donors (Lipinski definition) is 3. The Balaban J connectivity index is 1.50. The average Bonchev–Trinajstić information content (AvgIpc) is 3.53. The van der Waals surface area contributed by atoms with Crippen LogP contribution in [0.5, 0.6) is 0 Å². The molecule has 1 atom stereocenters. The lowest BCUT2D eigenvalue weighted by molar-refractivity contribution is 0.175. The molecular formula is C23H29N9O. The smallest absolute Gasteiger partial charge is 0.230 e. The van der Waals surface area contributed by atoms with Crippen molar-refractivity contribution in [3.8, 4) is 5.69 Å². The topological polar surface area (TPSA) is 122 Å². The molecule has 0 bridgehead atoms. The van der Waals surface area contributed by atoms with Gasteiger partial charge in [-0.2, -0.15) is 24.7 Å². The molecule has 4 aromatic rings. The van der Waals surface area contributed by atoms with Crippen molar-refractivity contribution in [2.75, 3.05) is 23.3 Å². The van der Waals surface area contributed by atoms with Crippen molar-refractivity contribution >= 4 is 17.5 Å². The van der Waals surface area contributed by atoms with Crippen molar-refractivity contribution in [2.45, 2.75) is 44.9 Å². The van der Waals surface area contributed by atoms with Gasteiger partial charge in [0.05, 0.1) is 18.0 Å². The van der Waals surface area contributed by atoms with E-state index in [-0.39, 0.29) is 6.04 Å². The second-order valence-electron chi connectivity index (χ2n) is 8.36. The molecule has 1 aliphatic rings. The Morgan fingerprint density at radius 3 is 2.73 bits per heavy atom. The first-order chi connectivity index (χ1) is 16.1. The molecule has 0 spiro atoms. The van der Waals surface area contributed by atoms with Gasteiger partial charge in [-0.15, -0.1) is 0 Å². The van der Waals surface area contributed by atoms with Crippen LogP contribution in [0.3, 0.4) is 0 Å². The van der Waals surface area contributed by atoms with Crippen LogP contribution in [0.2, 0.25) is 0 Å². The number of piperidine rings is 1. The number of aromatic nitrogens is 6. The van der Waals surface area contributed by atoms with Crippen LogP contribution in [-0.4, -0.2) is 53.6 Å². The monoisotopic (exact) mass is 447 g/mol. The van der Waals surface area contributed by atoms with Crippen molar-refractivity contribution in [2.24, 2.45) is 5.73 Å². The van der Waals surface area contributed by atoms with Gasteiger partial charge in [0.1, 0.15) is 0 Å². The third kappa shape index (κ3) is 4.27. The average molecular weight is 448 g/mol. The first-order valence-electron chi connectivity index (χ1n) is 11.4. The van der Waals surface area contributed by atoms with Crippen molar-refractivity contribution < 1.29 is 5.11 Å². The number of aliphatic hydroxyl groups excluding tert-OH is 1. The van der Waals surface area contributed by atoms with Gasteiger partial charge in [0.2, 0.25) is 11.9 Å². The highest BCUT2D eigenvalue weighted by Gasteiger charge is 2.23. The van der Waals surface area contributed by atoms with Crippen LogP contribution in [0, 0.1) is 0 Å². The second-order valence-corrected chi connectivity index (χ2v) is 8.36. The lowest BCUT2D eigenvalue weighted by Gasteiger charge is -2.30. The van der Waals surface area contributed by atoms with Gasteiger partial charge in [0.15, 0.2) is 5.65 Å². The summed E-state index contributed by atoms with van der Waals surface area (Å²) in [6.07, 6.45) is 7.12. The number of para-hydroxylation sites is 1. The van der Waals surface area contributed by atoms with Gasteiger partial charge in [-0.05, 0) is 37.0 Å². The van der Waals surface area contributed by atoms with Crippen LogP contribution in [0.25, 0.3) is 11.3 Å². The molecule has 3 aromatic heterocycles. The third-order valence-corrected chi connectivity index (χ3v) is 6.13. The van der Waals surface area contributed by atoms with Crippen LogP contribution in [0.4, 0.5) is 11.9 Å². The van der Waals surface area contributed by atoms with E-state index in [0.29, 0.717) is 36.1 Å². The van der Waals surface area contributed by atoms with Gasteiger partial charge < -0.3 is 21.1 Å². The molecule has 1 fully saturated rings. The lowest BCUT2D eigenvalue weighted by atomic mass is 10.1. The summed E-state index contributed by atoms with van der Waals surface area (Å²) in [5.41, 5.74) is 9.48. The second kappa shape index (κ2) is 9.16. The molecule has 1 unspecified atom stereocenters. The third-order valence-electron chi connectivity index (χ3n) is 6.13. The van der Waals surface area contributed by atoms with Gasteiger partial charge >= 0.3 is 0 Å². The normalized spacial score (nSPS) is 15.8. The molecule has 0 amide bonds. The van der Waals surface area contributed by atoms with Gasteiger partial charge in [-0.1, -0.05) is 25.1 Å². The van der Waals surface area contributed by atoms with E-state index in [4.69, 9.17) is 15.7 Å². The molecule has 10 nitrogen and oxygen atoms in total. The van der Waals surface area contributed by atoms with Crippen LogP contribution in [0.15, 0.2) is 48.9 Å². The van der Waals surface area contributed by atoms with E-state index in [1.165, 1.54) is 0 Å². The molecule has 33 heavy (non-hydrogen) atoms. The number of hydrogen-bond acceptors (Lipinski definition) is 8. The predicted molar refractivity (Wildman–Crippen MR) is 126 cm³/mol. The van der Waals surface area contributed by atoms with Crippen LogP contribution in [0.1, 0.15) is 43.4 Å². The minimum Gasteiger partial charge on any atom is -0.388 e. The summed E-state index contributed by atoms with van der Waals surface area (Å²) in [7, 11) is 0. The van der Waals surface area contributed by atoms with Crippen molar-refractivity contribution in [3.63, 3.8) is 0 Å². The number of benzene rings is 1. The highest BCUT2D eigenvalue weighted by atomic mass is 16.3. The van der Waals surface area contributed by atoms with Crippen molar-refractivity contribution in [3.05, 3.63) is 60.0 Å². The SMILES string of the molecule is CCC(O)c1cnn2c(NCc3ccccc3-n3cccn3)nc(N3CCC(N)CC3)nc12. The summed E-state index contributed by atoms with van der Waals surface area (Å²) in [5.74, 6) is 1.21. The zero-order valence-corrected chi connectivity index (χ0v) is 18.7. The molecule has 5 rings (SSSR count). The van der Waals surface area contributed by atoms with Gasteiger partial charge in [0.25, 0.3) is 0 Å². The Hall–Kier alpha value is -3.50. The van der Waals surface area contributed by atoms with Crippen LogP contribution >= 0.6 is 0 Å². The highest BCUT2D eigenvalue weighted by Crippen LogP contribution is 2.26. The zero-order chi connectivity index (χ0) is 22.8. The maximum absolute atomic E-state index is 10.5. The maximum atomic E-state index is 10.5. The zero-order valence-electron chi connectivity index (χ0n) is 18.7. The number of fused-ring (bicyclic) bond motifs is 1.